The standard InChI is InChI=1S/C15H18N2O5/c1-10(18)11-4-3-5-13(6-11)22-9-12(19)7-17-14(20)8-16(2)15(17)21/h3-6,12,19H,7-9H2,1-2H3/t12-/m0/s1. The largest absolute Gasteiger partial charge is 0.491 e. The van der Waals surface area contributed by atoms with E-state index in [-0.39, 0.29) is 31.4 Å². The van der Waals surface area contributed by atoms with Gasteiger partial charge in [0, 0.05) is 12.6 Å². The predicted molar refractivity (Wildman–Crippen MR) is 77.7 cm³/mol. The Morgan fingerprint density at radius 3 is 2.73 bits per heavy atom. The van der Waals surface area contributed by atoms with Crippen LogP contribution in [0, 0.1) is 0 Å². The molecule has 0 bridgehead atoms. The van der Waals surface area contributed by atoms with Crippen LogP contribution in [0.3, 0.4) is 0 Å². The van der Waals surface area contributed by atoms with E-state index in [0.29, 0.717) is 11.3 Å². The summed E-state index contributed by atoms with van der Waals surface area (Å²) in [5.74, 6) is 0.0235. The number of aliphatic hydroxyl groups is 1. The summed E-state index contributed by atoms with van der Waals surface area (Å²) in [4.78, 5) is 36.8. The maximum Gasteiger partial charge on any atom is 0.327 e. The normalized spacial score (nSPS) is 16.1. The van der Waals surface area contributed by atoms with Crippen LogP contribution in [-0.2, 0) is 4.79 Å². The third kappa shape index (κ3) is 3.62. The van der Waals surface area contributed by atoms with Crippen LogP contribution in [0.1, 0.15) is 17.3 Å². The summed E-state index contributed by atoms with van der Waals surface area (Å²) in [5.41, 5.74) is 0.513. The van der Waals surface area contributed by atoms with E-state index in [1.807, 2.05) is 0 Å². The van der Waals surface area contributed by atoms with Gasteiger partial charge in [-0.3, -0.25) is 14.5 Å². The number of benzene rings is 1. The molecule has 118 valence electrons. The number of carbonyl (C=O) groups is 3. The molecule has 1 aromatic carbocycles. The Labute approximate surface area is 128 Å². The van der Waals surface area contributed by atoms with E-state index in [0.717, 1.165) is 4.90 Å². The first-order chi connectivity index (χ1) is 10.4. The highest BCUT2D eigenvalue weighted by Crippen LogP contribution is 2.15. The van der Waals surface area contributed by atoms with Crippen molar-refractivity contribution in [3.05, 3.63) is 29.8 Å². The molecule has 0 unspecified atom stereocenters. The maximum atomic E-state index is 11.7. The molecule has 1 aliphatic rings. The van der Waals surface area contributed by atoms with Crippen LogP contribution in [0.2, 0.25) is 0 Å². The van der Waals surface area contributed by atoms with Crippen LogP contribution in [0.4, 0.5) is 4.79 Å². The van der Waals surface area contributed by atoms with Crippen LogP contribution < -0.4 is 4.74 Å². The molecule has 22 heavy (non-hydrogen) atoms. The Hall–Kier alpha value is -2.41. The number of urea groups is 1. The fourth-order valence-electron chi connectivity index (χ4n) is 2.11. The molecule has 7 nitrogen and oxygen atoms in total. The second-order valence-corrected chi connectivity index (χ2v) is 5.19. The van der Waals surface area contributed by atoms with Gasteiger partial charge >= 0.3 is 6.03 Å². The molecular weight excluding hydrogens is 288 g/mol. The number of ether oxygens (including phenoxy) is 1. The predicted octanol–water partition coefficient (Wildman–Crippen LogP) is 0.523. The first kappa shape index (κ1) is 16.0. The zero-order valence-corrected chi connectivity index (χ0v) is 12.5. The van der Waals surface area contributed by atoms with Crippen LogP contribution in [-0.4, -0.2) is 65.5 Å². The fourth-order valence-corrected chi connectivity index (χ4v) is 2.11. The number of imide groups is 1. The summed E-state index contributed by atoms with van der Waals surface area (Å²) in [5, 5.41) is 9.91. The van der Waals surface area contributed by atoms with Crippen molar-refractivity contribution in [2.75, 3.05) is 26.7 Å². The number of Topliss-reactive ketones (excluding diaryl/α,β-unsaturated/α-hetero) is 1. The highest BCUT2D eigenvalue weighted by molar-refractivity contribution is 6.01. The molecule has 1 atom stereocenters. The van der Waals surface area contributed by atoms with Gasteiger partial charge in [0.15, 0.2) is 5.78 Å². The molecular formula is C15H18N2O5. The highest BCUT2D eigenvalue weighted by Gasteiger charge is 2.34. The lowest BCUT2D eigenvalue weighted by Gasteiger charge is -2.18. The molecule has 0 radical (unpaired) electrons. The highest BCUT2D eigenvalue weighted by atomic mass is 16.5. The van der Waals surface area contributed by atoms with Crippen molar-refractivity contribution in [1.29, 1.82) is 0 Å². The number of rotatable bonds is 6. The van der Waals surface area contributed by atoms with Crippen molar-refractivity contribution in [2.24, 2.45) is 0 Å². The van der Waals surface area contributed by atoms with Crippen molar-refractivity contribution < 1.29 is 24.2 Å². The number of ketones is 1. The first-order valence-corrected chi connectivity index (χ1v) is 6.86. The number of hydrogen-bond acceptors (Lipinski definition) is 5. The zero-order chi connectivity index (χ0) is 16.3. The van der Waals surface area contributed by atoms with Gasteiger partial charge in [-0.05, 0) is 19.1 Å². The van der Waals surface area contributed by atoms with E-state index < -0.39 is 12.1 Å². The molecule has 1 N–H and O–H groups in total. The van der Waals surface area contributed by atoms with Gasteiger partial charge in [-0.25, -0.2) is 4.79 Å². The lowest BCUT2D eigenvalue weighted by Crippen LogP contribution is -2.40. The first-order valence-electron chi connectivity index (χ1n) is 6.86. The van der Waals surface area contributed by atoms with Crippen LogP contribution >= 0.6 is 0 Å². The van der Waals surface area contributed by atoms with E-state index >= 15 is 0 Å². The third-order valence-electron chi connectivity index (χ3n) is 3.31. The lowest BCUT2D eigenvalue weighted by atomic mass is 10.1. The van der Waals surface area contributed by atoms with E-state index in [1.54, 1.807) is 24.3 Å². The summed E-state index contributed by atoms with van der Waals surface area (Å²) in [6.07, 6.45) is -1.000. The number of β-amino-alcohol motifs (C(OH)–C–C–N with tert-alkyl or cyclic N) is 1. The van der Waals surface area contributed by atoms with Gasteiger partial charge in [0.2, 0.25) is 5.91 Å². The van der Waals surface area contributed by atoms with Crippen molar-refractivity contribution in [1.82, 2.24) is 9.80 Å². The molecule has 1 saturated heterocycles. The molecule has 1 heterocycles. The molecule has 0 aliphatic carbocycles. The van der Waals surface area contributed by atoms with Gasteiger partial charge in [-0.2, -0.15) is 0 Å². The average Bonchev–Trinajstić information content (AvgIpc) is 2.72. The number of carbonyl (C=O) groups excluding carboxylic acids is 3. The smallest absolute Gasteiger partial charge is 0.327 e. The van der Waals surface area contributed by atoms with E-state index in [9.17, 15) is 19.5 Å². The van der Waals surface area contributed by atoms with Gasteiger partial charge in [-0.15, -0.1) is 0 Å². The number of hydrogen-bond donors (Lipinski definition) is 1. The monoisotopic (exact) mass is 306 g/mol. The minimum Gasteiger partial charge on any atom is -0.491 e. The van der Waals surface area contributed by atoms with Gasteiger partial charge in [0.25, 0.3) is 0 Å². The third-order valence-corrected chi connectivity index (χ3v) is 3.31. The minimum absolute atomic E-state index is 0.0209. The second kappa shape index (κ2) is 6.57. The molecule has 0 spiro atoms. The summed E-state index contributed by atoms with van der Waals surface area (Å²) < 4.78 is 5.40. The Morgan fingerprint density at radius 2 is 2.14 bits per heavy atom. The second-order valence-electron chi connectivity index (χ2n) is 5.19. The summed E-state index contributed by atoms with van der Waals surface area (Å²) >= 11 is 0. The van der Waals surface area contributed by atoms with Gasteiger partial charge in [0.05, 0.1) is 6.54 Å². The Bertz CT molecular complexity index is 601. The van der Waals surface area contributed by atoms with Crippen LogP contribution in [0.5, 0.6) is 5.75 Å². The Kier molecular flexibility index (Phi) is 4.77. The van der Waals surface area contributed by atoms with Crippen molar-refractivity contribution >= 4 is 17.7 Å². The molecule has 3 amide bonds. The Balaban J connectivity index is 1.89. The summed E-state index contributed by atoms with van der Waals surface area (Å²) in [6.45, 7) is 1.28. The van der Waals surface area contributed by atoms with Crippen LogP contribution in [0.15, 0.2) is 24.3 Å². The van der Waals surface area contributed by atoms with Gasteiger partial charge < -0.3 is 14.7 Å². The number of nitrogens with zero attached hydrogens (tertiary/aromatic N) is 2. The van der Waals surface area contributed by atoms with E-state index in [4.69, 9.17) is 4.74 Å². The van der Waals surface area contributed by atoms with Gasteiger partial charge in [-0.1, -0.05) is 12.1 Å². The SMILES string of the molecule is CC(=O)c1cccc(OC[C@@H](O)CN2C(=O)CN(C)C2=O)c1. The maximum absolute atomic E-state index is 11.7. The quantitative estimate of drug-likeness (QED) is 0.611. The molecule has 0 aromatic heterocycles. The number of amides is 3. The average molecular weight is 306 g/mol. The van der Waals surface area contributed by atoms with Crippen molar-refractivity contribution in [2.45, 2.75) is 13.0 Å². The molecule has 1 aliphatic heterocycles. The summed E-state index contributed by atoms with van der Waals surface area (Å²) in [7, 11) is 1.52. The van der Waals surface area contributed by atoms with Crippen molar-refractivity contribution in [3.8, 4) is 5.75 Å². The molecule has 1 aromatic rings. The topological polar surface area (TPSA) is 87.2 Å². The lowest BCUT2D eigenvalue weighted by molar-refractivity contribution is -0.126. The molecule has 1 fully saturated rings. The van der Waals surface area contributed by atoms with Gasteiger partial charge in [0.1, 0.15) is 25.0 Å². The Morgan fingerprint density at radius 1 is 1.41 bits per heavy atom. The molecule has 7 heteroatoms. The van der Waals surface area contributed by atoms with Crippen LogP contribution in [0.25, 0.3) is 0 Å². The number of likely N-dealkylation sites (N-methyl/N-ethyl adjacent to an activating group) is 1. The number of aliphatic hydroxyl groups excluding tert-OH is 1. The minimum atomic E-state index is -1.000. The van der Waals surface area contributed by atoms with E-state index in [1.165, 1.54) is 18.9 Å². The zero-order valence-electron chi connectivity index (χ0n) is 12.5. The van der Waals surface area contributed by atoms with Crippen molar-refractivity contribution in [3.63, 3.8) is 0 Å². The summed E-state index contributed by atoms with van der Waals surface area (Å²) in [6, 6.07) is 6.17. The molecule has 2 rings (SSSR count). The van der Waals surface area contributed by atoms with E-state index in [2.05, 4.69) is 0 Å². The fraction of sp³-hybridized carbons (Fsp3) is 0.400. The molecule has 0 saturated carbocycles.